The van der Waals surface area contributed by atoms with E-state index in [0.29, 0.717) is 6.49 Å². The van der Waals surface area contributed by atoms with Crippen molar-refractivity contribution in [1.82, 2.24) is 0 Å². The van der Waals surface area contributed by atoms with E-state index >= 15 is 0 Å². The lowest BCUT2D eigenvalue weighted by molar-refractivity contribution is 0.502. The van der Waals surface area contributed by atoms with Crippen LogP contribution < -0.4 is 0 Å². The lowest BCUT2D eigenvalue weighted by Crippen LogP contribution is -2.28. The molecule has 0 amide bonds. The van der Waals surface area contributed by atoms with Gasteiger partial charge in [-0.15, -0.1) is 0 Å². The van der Waals surface area contributed by atoms with Gasteiger partial charge in [-0.1, -0.05) is 57.6 Å². The van der Waals surface area contributed by atoms with Crippen molar-refractivity contribution in [2.45, 2.75) is 57.6 Å². The SMILES string of the molecule is [B]B([B]C)C1CCCCCCC1. The molecule has 1 aliphatic rings. The first-order valence-electron chi connectivity index (χ1n) is 5.39. The maximum absolute atomic E-state index is 6.01. The van der Waals surface area contributed by atoms with Crippen LogP contribution in [0.15, 0.2) is 0 Å². The van der Waals surface area contributed by atoms with Crippen LogP contribution in [0.1, 0.15) is 44.9 Å². The molecule has 0 bridgehead atoms. The fraction of sp³-hybridized carbons (Fsp3) is 1.00. The van der Waals surface area contributed by atoms with Crippen molar-refractivity contribution in [2.24, 2.45) is 0 Å². The van der Waals surface area contributed by atoms with Crippen LogP contribution in [0.2, 0.25) is 12.6 Å². The monoisotopic (exact) mass is 159 g/mol. The number of hydrogen-bond donors (Lipinski definition) is 0. The molecule has 0 nitrogen and oxygen atoms in total. The lowest BCUT2D eigenvalue weighted by atomic mass is 9.07. The second-order valence-corrected chi connectivity index (χ2v) is 4.02. The van der Waals surface area contributed by atoms with E-state index in [-0.39, 0.29) is 0 Å². The molecule has 0 aliphatic heterocycles. The van der Waals surface area contributed by atoms with Gasteiger partial charge in [-0.25, -0.2) is 0 Å². The summed E-state index contributed by atoms with van der Waals surface area (Å²) in [4.78, 5) is 0. The standard InChI is InChI=1S/C9H18B3/c1-11-12(10)9-7-5-3-2-4-6-8-9/h9H,2-8H2,1H3. The van der Waals surface area contributed by atoms with Crippen LogP contribution in [0.4, 0.5) is 0 Å². The summed E-state index contributed by atoms with van der Waals surface area (Å²) in [7, 11) is 8.17. The van der Waals surface area contributed by atoms with Gasteiger partial charge in [-0.3, -0.25) is 0 Å². The summed E-state index contributed by atoms with van der Waals surface area (Å²) >= 11 is 0. The average molecular weight is 159 g/mol. The lowest BCUT2D eigenvalue weighted by Gasteiger charge is -2.23. The second-order valence-electron chi connectivity index (χ2n) is 4.02. The molecule has 0 heterocycles. The highest BCUT2D eigenvalue weighted by Gasteiger charge is 2.18. The Hall–Kier alpha value is 0.195. The van der Waals surface area contributed by atoms with E-state index in [0.717, 1.165) is 5.82 Å². The molecule has 0 aromatic rings. The van der Waals surface area contributed by atoms with Crippen molar-refractivity contribution in [3.05, 3.63) is 0 Å². The normalized spacial score (nSPS) is 21.1. The zero-order chi connectivity index (χ0) is 8.81. The van der Waals surface area contributed by atoms with E-state index in [1.165, 1.54) is 44.9 Å². The summed E-state index contributed by atoms with van der Waals surface area (Å²) < 4.78 is 0. The maximum atomic E-state index is 6.01. The third-order valence-corrected chi connectivity index (χ3v) is 3.08. The van der Waals surface area contributed by atoms with Crippen molar-refractivity contribution >= 4 is 21.4 Å². The zero-order valence-electron chi connectivity index (χ0n) is 8.26. The highest BCUT2D eigenvalue weighted by molar-refractivity contribution is 7.35. The molecular formula is C9H18B3. The van der Waals surface area contributed by atoms with Crippen LogP contribution in [0.5, 0.6) is 0 Å². The van der Waals surface area contributed by atoms with E-state index in [4.69, 9.17) is 7.74 Å². The van der Waals surface area contributed by atoms with Gasteiger partial charge in [-0.05, 0) is 0 Å². The highest BCUT2D eigenvalue weighted by Crippen LogP contribution is 2.27. The summed E-state index contributed by atoms with van der Waals surface area (Å²) in [5.41, 5.74) is 0. The Morgan fingerprint density at radius 1 is 1.08 bits per heavy atom. The summed E-state index contributed by atoms with van der Waals surface area (Å²) in [6, 6.07) is 0. The summed E-state index contributed by atoms with van der Waals surface area (Å²) in [5, 5.41) is 0. The predicted molar refractivity (Wildman–Crippen MR) is 59.2 cm³/mol. The minimum atomic E-state index is 0.350. The first-order chi connectivity index (χ1) is 5.84. The minimum Gasteiger partial charge on any atom is -0.0999 e. The Morgan fingerprint density at radius 2 is 1.58 bits per heavy atom. The van der Waals surface area contributed by atoms with E-state index in [1.54, 1.807) is 0 Å². The van der Waals surface area contributed by atoms with Crippen LogP contribution in [0, 0.1) is 0 Å². The van der Waals surface area contributed by atoms with Gasteiger partial charge in [0.2, 0.25) is 0 Å². The molecule has 0 aromatic carbocycles. The van der Waals surface area contributed by atoms with E-state index in [2.05, 4.69) is 14.0 Å². The molecule has 3 radical (unpaired) electrons. The topological polar surface area (TPSA) is 0 Å². The molecule has 0 saturated heterocycles. The van der Waals surface area contributed by atoms with Crippen LogP contribution in [-0.2, 0) is 0 Å². The smallest absolute Gasteiger partial charge is 0.0605 e. The van der Waals surface area contributed by atoms with Gasteiger partial charge in [0.1, 0.15) is 0 Å². The molecular weight excluding hydrogens is 141 g/mol. The van der Waals surface area contributed by atoms with E-state index in [9.17, 15) is 0 Å². The van der Waals surface area contributed by atoms with Gasteiger partial charge in [-0.2, -0.15) is 0 Å². The molecule has 0 N–H and O–H groups in total. The second kappa shape index (κ2) is 5.77. The first kappa shape index (κ1) is 10.3. The van der Waals surface area contributed by atoms with Gasteiger partial charge < -0.3 is 0 Å². The minimum absolute atomic E-state index is 0.350. The highest BCUT2D eigenvalue weighted by atomic mass is 14.1. The van der Waals surface area contributed by atoms with Crippen molar-refractivity contribution in [2.75, 3.05) is 0 Å². The number of rotatable bonds is 2. The van der Waals surface area contributed by atoms with Gasteiger partial charge in [0, 0.05) is 7.74 Å². The average Bonchev–Trinajstić information content (AvgIpc) is 2.02. The molecule has 1 rings (SSSR count). The van der Waals surface area contributed by atoms with Crippen molar-refractivity contribution in [1.29, 1.82) is 0 Å². The first-order valence-corrected chi connectivity index (χ1v) is 5.39. The third-order valence-electron chi connectivity index (χ3n) is 3.08. The quantitative estimate of drug-likeness (QED) is 0.542. The summed E-state index contributed by atoms with van der Waals surface area (Å²) in [6.45, 7) is 2.44. The molecule has 63 valence electrons. The van der Waals surface area contributed by atoms with Crippen LogP contribution in [-0.4, -0.2) is 21.4 Å². The van der Waals surface area contributed by atoms with Gasteiger partial charge >= 0.3 is 0 Å². The summed E-state index contributed by atoms with van der Waals surface area (Å²) in [6.07, 6.45) is 9.78. The van der Waals surface area contributed by atoms with Crippen molar-refractivity contribution < 1.29 is 0 Å². The fourth-order valence-corrected chi connectivity index (χ4v) is 2.14. The maximum Gasteiger partial charge on any atom is 0.0605 e. The predicted octanol–water partition coefficient (Wildman–Crippen LogP) is 2.51. The summed E-state index contributed by atoms with van der Waals surface area (Å²) in [5.74, 6) is 0.773. The largest absolute Gasteiger partial charge is 0.0999 e. The molecule has 3 heteroatoms. The van der Waals surface area contributed by atoms with Crippen LogP contribution in [0.3, 0.4) is 0 Å². The zero-order valence-corrected chi connectivity index (χ0v) is 8.26. The molecule has 0 unspecified atom stereocenters. The van der Waals surface area contributed by atoms with Crippen molar-refractivity contribution in [3.8, 4) is 0 Å². The Morgan fingerprint density at radius 3 is 2.08 bits per heavy atom. The Balaban J connectivity index is 2.29. The van der Waals surface area contributed by atoms with Crippen LogP contribution in [0.25, 0.3) is 0 Å². The molecule has 0 aromatic heterocycles. The molecule has 0 spiro atoms. The Labute approximate surface area is 79.6 Å². The van der Waals surface area contributed by atoms with Crippen LogP contribution >= 0.6 is 0 Å². The van der Waals surface area contributed by atoms with Gasteiger partial charge in [0.25, 0.3) is 0 Å². The molecule has 0 atom stereocenters. The van der Waals surface area contributed by atoms with E-state index in [1.807, 2.05) is 0 Å². The van der Waals surface area contributed by atoms with Gasteiger partial charge in [0.05, 0.1) is 13.7 Å². The Kier molecular flexibility index (Phi) is 4.95. The van der Waals surface area contributed by atoms with Crippen molar-refractivity contribution in [3.63, 3.8) is 0 Å². The molecule has 12 heavy (non-hydrogen) atoms. The fourth-order valence-electron chi connectivity index (χ4n) is 2.14. The molecule has 1 fully saturated rings. The molecule has 1 aliphatic carbocycles. The third kappa shape index (κ3) is 3.29. The van der Waals surface area contributed by atoms with E-state index < -0.39 is 0 Å². The van der Waals surface area contributed by atoms with Gasteiger partial charge in [0.15, 0.2) is 0 Å². The Bertz CT molecular complexity index is 108. The number of hydrogen-bond acceptors (Lipinski definition) is 0. The molecule has 1 saturated carbocycles.